The van der Waals surface area contributed by atoms with Gasteiger partial charge in [-0.15, -0.1) is 0 Å². The Balaban J connectivity index is 3.61. The fourth-order valence-electron chi connectivity index (χ4n) is 0.741. The summed E-state index contributed by atoms with van der Waals surface area (Å²) in [6.45, 7) is 5.26. The first-order valence-corrected chi connectivity index (χ1v) is 4.72. The summed E-state index contributed by atoms with van der Waals surface area (Å²) in [7, 11) is 0. The van der Waals surface area contributed by atoms with Crippen molar-refractivity contribution in [3.63, 3.8) is 0 Å². The molecule has 0 amide bonds. The van der Waals surface area contributed by atoms with Crippen LogP contribution in [0.1, 0.15) is 27.2 Å². The highest BCUT2D eigenvalue weighted by molar-refractivity contribution is 4.68. The number of nitrogens with one attached hydrogen (secondary N) is 1. The third-order valence-corrected chi connectivity index (χ3v) is 1.79. The molecular weight excluding hydrogens is 176 g/mol. The topological polar surface area (TPSA) is 21.3 Å². The molecule has 0 saturated heterocycles. The predicted molar refractivity (Wildman–Crippen MR) is 49.2 cm³/mol. The van der Waals surface area contributed by atoms with Gasteiger partial charge in [-0.05, 0) is 19.9 Å². The van der Waals surface area contributed by atoms with Crippen molar-refractivity contribution in [1.29, 1.82) is 0 Å². The number of alkyl halides is 2. The van der Waals surface area contributed by atoms with Crippen molar-refractivity contribution in [2.24, 2.45) is 0 Å². The molecule has 1 unspecified atom stereocenters. The standard InChI is InChI=1S/C9H19F2NO/c1-4-8(3)13-7-9(10,11)6-12-5-2/h8,12H,4-7H2,1-3H3. The zero-order valence-corrected chi connectivity index (χ0v) is 8.57. The highest BCUT2D eigenvalue weighted by atomic mass is 19.3. The summed E-state index contributed by atoms with van der Waals surface area (Å²) in [6, 6.07) is 0. The molecule has 2 nitrogen and oxygen atoms in total. The van der Waals surface area contributed by atoms with Gasteiger partial charge in [-0.2, -0.15) is 0 Å². The molecule has 1 atom stereocenters. The zero-order chi connectivity index (χ0) is 10.3. The molecule has 0 radical (unpaired) electrons. The molecule has 0 aliphatic rings. The van der Waals surface area contributed by atoms with Crippen molar-refractivity contribution >= 4 is 0 Å². The van der Waals surface area contributed by atoms with Crippen LogP contribution in [0.15, 0.2) is 0 Å². The van der Waals surface area contributed by atoms with Crippen LogP contribution in [0.25, 0.3) is 0 Å². The first kappa shape index (κ1) is 12.8. The summed E-state index contributed by atoms with van der Waals surface area (Å²) in [4.78, 5) is 0. The maximum atomic E-state index is 12.9. The summed E-state index contributed by atoms with van der Waals surface area (Å²) < 4.78 is 30.8. The Kier molecular flexibility index (Phi) is 6.16. The first-order valence-electron chi connectivity index (χ1n) is 4.72. The second-order valence-electron chi connectivity index (χ2n) is 3.17. The van der Waals surface area contributed by atoms with Crippen LogP contribution in [0.3, 0.4) is 0 Å². The first-order chi connectivity index (χ1) is 6.02. The summed E-state index contributed by atoms with van der Waals surface area (Å²) in [5, 5.41) is 2.60. The van der Waals surface area contributed by atoms with Gasteiger partial charge in [0.2, 0.25) is 0 Å². The Bertz CT molecular complexity index is 131. The van der Waals surface area contributed by atoms with Crippen LogP contribution >= 0.6 is 0 Å². The molecule has 0 aromatic rings. The average molecular weight is 195 g/mol. The molecule has 4 heteroatoms. The van der Waals surface area contributed by atoms with Gasteiger partial charge in [0.05, 0.1) is 12.6 Å². The molecule has 0 rings (SSSR count). The third-order valence-electron chi connectivity index (χ3n) is 1.79. The highest BCUT2D eigenvalue weighted by Gasteiger charge is 2.28. The molecule has 13 heavy (non-hydrogen) atoms. The minimum Gasteiger partial charge on any atom is -0.372 e. The Labute approximate surface area is 78.7 Å². The van der Waals surface area contributed by atoms with Crippen LogP contribution < -0.4 is 5.32 Å². The molecule has 0 heterocycles. The predicted octanol–water partition coefficient (Wildman–Crippen LogP) is 2.05. The van der Waals surface area contributed by atoms with Gasteiger partial charge in [0.25, 0.3) is 5.92 Å². The molecule has 1 N–H and O–H groups in total. The summed E-state index contributed by atoms with van der Waals surface area (Å²) in [6.07, 6.45) is 0.671. The van der Waals surface area contributed by atoms with Gasteiger partial charge in [0.15, 0.2) is 0 Å². The van der Waals surface area contributed by atoms with E-state index in [0.29, 0.717) is 6.54 Å². The molecular formula is C9H19F2NO. The lowest BCUT2D eigenvalue weighted by Gasteiger charge is -2.19. The van der Waals surface area contributed by atoms with Crippen molar-refractivity contribution in [1.82, 2.24) is 5.32 Å². The van der Waals surface area contributed by atoms with Gasteiger partial charge in [0, 0.05) is 0 Å². The minimum absolute atomic E-state index is 0.0903. The van der Waals surface area contributed by atoms with E-state index >= 15 is 0 Å². The lowest BCUT2D eigenvalue weighted by molar-refractivity contribution is -0.0936. The van der Waals surface area contributed by atoms with E-state index in [1.807, 2.05) is 6.92 Å². The van der Waals surface area contributed by atoms with Gasteiger partial charge < -0.3 is 10.1 Å². The molecule has 0 fully saturated rings. The molecule has 0 aromatic carbocycles. The smallest absolute Gasteiger partial charge is 0.283 e. The zero-order valence-electron chi connectivity index (χ0n) is 8.57. The molecule has 0 bridgehead atoms. The van der Waals surface area contributed by atoms with Crippen molar-refractivity contribution < 1.29 is 13.5 Å². The number of halogens is 2. The Hall–Kier alpha value is -0.220. The molecule has 80 valence electrons. The van der Waals surface area contributed by atoms with E-state index in [-0.39, 0.29) is 12.6 Å². The van der Waals surface area contributed by atoms with E-state index in [4.69, 9.17) is 4.74 Å². The van der Waals surface area contributed by atoms with Crippen LogP contribution in [0, 0.1) is 0 Å². The normalized spacial score (nSPS) is 14.5. The quantitative estimate of drug-likeness (QED) is 0.671. The highest BCUT2D eigenvalue weighted by Crippen LogP contribution is 2.13. The van der Waals surface area contributed by atoms with Crippen molar-refractivity contribution in [3.8, 4) is 0 Å². The second-order valence-corrected chi connectivity index (χ2v) is 3.17. The van der Waals surface area contributed by atoms with Crippen LogP contribution in [-0.2, 0) is 4.74 Å². The Morgan fingerprint density at radius 1 is 1.38 bits per heavy atom. The largest absolute Gasteiger partial charge is 0.372 e. The third kappa shape index (κ3) is 6.90. The molecule has 0 aliphatic carbocycles. The van der Waals surface area contributed by atoms with Gasteiger partial charge in [-0.1, -0.05) is 13.8 Å². The van der Waals surface area contributed by atoms with Gasteiger partial charge in [-0.25, -0.2) is 8.78 Å². The van der Waals surface area contributed by atoms with Crippen LogP contribution in [0.5, 0.6) is 0 Å². The lowest BCUT2D eigenvalue weighted by Crippen LogP contribution is -2.37. The van der Waals surface area contributed by atoms with Gasteiger partial charge >= 0.3 is 0 Å². The number of ether oxygens (including phenoxy) is 1. The van der Waals surface area contributed by atoms with Crippen LogP contribution in [-0.4, -0.2) is 31.7 Å². The van der Waals surface area contributed by atoms with E-state index in [0.717, 1.165) is 6.42 Å². The minimum atomic E-state index is -2.75. The maximum absolute atomic E-state index is 12.9. The van der Waals surface area contributed by atoms with Crippen molar-refractivity contribution in [2.75, 3.05) is 19.7 Å². The summed E-state index contributed by atoms with van der Waals surface area (Å²) in [5.74, 6) is -2.75. The van der Waals surface area contributed by atoms with E-state index in [1.165, 1.54) is 0 Å². The van der Waals surface area contributed by atoms with E-state index in [2.05, 4.69) is 5.32 Å². The van der Waals surface area contributed by atoms with E-state index < -0.39 is 12.5 Å². The average Bonchev–Trinajstić information content (AvgIpc) is 2.11. The summed E-state index contributed by atoms with van der Waals surface area (Å²) in [5.41, 5.74) is 0. The molecule has 0 saturated carbocycles. The maximum Gasteiger partial charge on any atom is 0.283 e. The van der Waals surface area contributed by atoms with Gasteiger partial charge in [0.1, 0.15) is 6.61 Å². The van der Waals surface area contributed by atoms with Crippen LogP contribution in [0.4, 0.5) is 8.78 Å². The monoisotopic (exact) mass is 195 g/mol. The Morgan fingerprint density at radius 3 is 2.46 bits per heavy atom. The van der Waals surface area contributed by atoms with Crippen LogP contribution in [0.2, 0.25) is 0 Å². The Morgan fingerprint density at radius 2 is 2.00 bits per heavy atom. The molecule has 0 aromatic heterocycles. The number of hydrogen-bond donors (Lipinski definition) is 1. The van der Waals surface area contributed by atoms with Crippen molar-refractivity contribution in [3.05, 3.63) is 0 Å². The SMILES string of the molecule is CCNCC(F)(F)COC(C)CC. The summed E-state index contributed by atoms with van der Waals surface area (Å²) >= 11 is 0. The second kappa shape index (κ2) is 6.27. The van der Waals surface area contributed by atoms with Crippen molar-refractivity contribution in [2.45, 2.75) is 39.2 Å². The molecule has 0 aliphatic heterocycles. The van der Waals surface area contributed by atoms with Gasteiger partial charge in [-0.3, -0.25) is 0 Å². The fourth-order valence-corrected chi connectivity index (χ4v) is 0.741. The van der Waals surface area contributed by atoms with E-state index in [9.17, 15) is 8.78 Å². The molecule has 0 spiro atoms. The lowest BCUT2D eigenvalue weighted by atomic mass is 10.3. The number of hydrogen-bond acceptors (Lipinski definition) is 2. The number of rotatable bonds is 7. The fraction of sp³-hybridized carbons (Fsp3) is 1.00. The van der Waals surface area contributed by atoms with E-state index in [1.54, 1.807) is 13.8 Å².